The third-order valence-corrected chi connectivity index (χ3v) is 9.20. The molecule has 0 bridgehead atoms. The van der Waals surface area contributed by atoms with Gasteiger partial charge in [0.25, 0.3) is 11.8 Å². The molecule has 8 heteroatoms. The molecule has 0 atom stereocenters. The van der Waals surface area contributed by atoms with Gasteiger partial charge in [0.05, 0.1) is 17.1 Å². The molecule has 2 N–H and O–H groups in total. The Kier molecular flexibility index (Phi) is 9.14. The molecule has 0 aromatic heterocycles. The lowest BCUT2D eigenvalue weighted by atomic mass is 10.1. The number of benzene rings is 5. The number of aryl methyl sites for hydroxylation is 1. The van der Waals surface area contributed by atoms with Crippen molar-refractivity contribution in [3.05, 3.63) is 150 Å². The summed E-state index contributed by atoms with van der Waals surface area (Å²) in [6.45, 7) is 1.99. The second kappa shape index (κ2) is 13.7. The van der Waals surface area contributed by atoms with Crippen molar-refractivity contribution in [1.29, 1.82) is 0 Å². The van der Waals surface area contributed by atoms with E-state index in [0.717, 1.165) is 37.2 Å². The number of carbonyl (C=O) groups is 3. The number of anilines is 3. The van der Waals surface area contributed by atoms with E-state index in [1.807, 2.05) is 97.9 Å². The van der Waals surface area contributed by atoms with Gasteiger partial charge in [-0.15, -0.1) is 11.8 Å². The van der Waals surface area contributed by atoms with Crippen molar-refractivity contribution in [3.8, 4) is 0 Å². The van der Waals surface area contributed by atoms with Crippen LogP contribution in [0.15, 0.2) is 148 Å². The number of nitrogens with zero attached hydrogens (tertiary/aromatic N) is 1. The average Bonchev–Trinajstić information content (AvgIpc) is 3.07. The maximum Gasteiger partial charge on any atom is 0.272 e. The van der Waals surface area contributed by atoms with Crippen molar-refractivity contribution in [3.63, 3.8) is 0 Å². The van der Waals surface area contributed by atoms with Crippen molar-refractivity contribution in [2.45, 2.75) is 21.6 Å². The van der Waals surface area contributed by atoms with E-state index in [0.29, 0.717) is 11.3 Å². The fraction of sp³-hybridized carbons (Fsp3) is 0.0541. The van der Waals surface area contributed by atoms with Crippen molar-refractivity contribution in [2.24, 2.45) is 0 Å². The molecular weight excluding hydrogens is 599 g/mol. The number of amides is 3. The van der Waals surface area contributed by atoms with Gasteiger partial charge in [0.2, 0.25) is 5.91 Å². The van der Waals surface area contributed by atoms with E-state index >= 15 is 0 Å². The quantitative estimate of drug-likeness (QED) is 0.134. The van der Waals surface area contributed by atoms with Gasteiger partial charge in [0, 0.05) is 25.9 Å². The fourth-order valence-corrected chi connectivity index (χ4v) is 6.59. The predicted octanol–water partition coefficient (Wildman–Crippen LogP) is 8.33. The molecule has 3 amide bonds. The molecule has 45 heavy (non-hydrogen) atoms. The first kappa shape index (κ1) is 30.0. The summed E-state index contributed by atoms with van der Waals surface area (Å²) in [5.74, 6) is -0.597. The predicted molar refractivity (Wildman–Crippen MR) is 183 cm³/mol. The molecule has 0 unspecified atom stereocenters. The van der Waals surface area contributed by atoms with E-state index < -0.39 is 5.91 Å². The minimum atomic E-state index is -0.448. The Morgan fingerprint density at radius 2 is 1.33 bits per heavy atom. The Bertz CT molecular complexity index is 1840. The number of hydrogen-bond donors (Lipinski definition) is 2. The summed E-state index contributed by atoms with van der Waals surface area (Å²) in [5.41, 5.74) is 4.79. The van der Waals surface area contributed by atoms with Crippen LogP contribution in [-0.4, -0.2) is 23.5 Å². The van der Waals surface area contributed by atoms with Crippen LogP contribution < -0.4 is 15.5 Å². The number of fused-ring (bicyclic) bond motifs is 2. The molecule has 6 nitrogen and oxygen atoms in total. The van der Waals surface area contributed by atoms with Gasteiger partial charge in [-0.2, -0.15) is 0 Å². The number of hydrogen-bond acceptors (Lipinski definition) is 5. The minimum Gasteiger partial charge on any atom is -0.321 e. The molecule has 1 aliphatic rings. The average molecular weight is 628 g/mol. The van der Waals surface area contributed by atoms with Crippen LogP contribution in [0.5, 0.6) is 0 Å². The van der Waals surface area contributed by atoms with Gasteiger partial charge in [-0.05, 0) is 79.2 Å². The molecule has 5 aromatic carbocycles. The van der Waals surface area contributed by atoms with Crippen LogP contribution in [0.4, 0.5) is 17.1 Å². The van der Waals surface area contributed by atoms with E-state index in [1.165, 1.54) is 11.8 Å². The van der Waals surface area contributed by atoms with Gasteiger partial charge in [-0.1, -0.05) is 84.1 Å². The summed E-state index contributed by atoms with van der Waals surface area (Å²) in [6, 6.07) is 39.6. The van der Waals surface area contributed by atoms with Crippen LogP contribution in [0.1, 0.15) is 21.5 Å². The van der Waals surface area contributed by atoms with Gasteiger partial charge in [0.15, 0.2) is 0 Å². The van der Waals surface area contributed by atoms with Crippen LogP contribution in [0.2, 0.25) is 0 Å². The first-order chi connectivity index (χ1) is 21.9. The van der Waals surface area contributed by atoms with Crippen LogP contribution in [0, 0.1) is 6.92 Å². The molecule has 0 spiro atoms. The summed E-state index contributed by atoms with van der Waals surface area (Å²) in [7, 11) is 0. The zero-order chi connectivity index (χ0) is 31.2. The largest absolute Gasteiger partial charge is 0.321 e. The van der Waals surface area contributed by atoms with Crippen molar-refractivity contribution < 1.29 is 14.4 Å². The second-order valence-electron chi connectivity index (χ2n) is 10.3. The first-order valence-corrected chi connectivity index (χ1v) is 16.1. The van der Waals surface area contributed by atoms with E-state index in [4.69, 9.17) is 0 Å². The Balaban J connectivity index is 1.14. The molecule has 0 saturated carbocycles. The number of rotatable bonds is 8. The summed E-state index contributed by atoms with van der Waals surface area (Å²) < 4.78 is 0. The minimum absolute atomic E-state index is 0.0161. The third kappa shape index (κ3) is 7.20. The van der Waals surface area contributed by atoms with Gasteiger partial charge in [0.1, 0.15) is 5.70 Å². The summed E-state index contributed by atoms with van der Waals surface area (Å²) >= 11 is 3.10. The van der Waals surface area contributed by atoms with E-state index in [9.17, 15) is 14.4 Å². The normalized spacial score (nSPS) is 12.1. The highest BCUT2D eigenvalue weighted by molar-refractivity contribution is 8.00. The Hall–Kier alpha value is -5.05. The third-order valence-electron chi connectivity index (χ3n) is 7.07. The summed E-state index contributed by atoms with van der Waals surface area (Å²) in [6.07, 6.45) is 1.65. The van der Waals surface area contributed by atoms with Gasteiger partial charge >= 0.3 is 0 Å². The maximum absolute atomic E-state index is 13.5. The topological polar surface area (TPSA) is 78.5 Å². The van der Waals surface area contributed by atoms with Crippen LogP contribution in [0.25, 0.3) is 6.08 Å². The lowest BCUT2D eigenvalue weighted by Crippen LogP contribution is -2.30. The Labute approximate surface area is 270 Å². The van der Waals surface area contributed by atoms with Crippen molar-refractivity contribution >= 4 is 64.4 Å². The Morgan fingerprint density at radius 1 is 0.733 bits per heavy atom. The highest BCUT2D eigenvalue weighted by Gasteiger charge is 2.27. The molecule has 0 aliphatic carbocycles. The molecule has 1 aliphatic heterocycles. The molecule has 222 valence electrons. The second-order valence-corrected chi connectivity index (χ2v) is 12.5. The zero-order valence-corrected chi connectivity index (χ0v) is 26.0. The lowest BCUT2D eigenvalue weighted by Gasteiger charge is -2.31. The highest BCUT2D eigenvalue weighted by Crippen LogP contribution is 2.48. The summed E-state index contributed by atoms with van der Waals surface area (Å²) in [5, 5.41) is 5.66. The van der Waals surface area contributed by atoms with Gasteiger partial charge < -0.3 is 10.6 Å². The van der Waals surface area contributed by atoms with Crippen LogP contribution in [-0.2, 0) is 9.59 Å². The fourth-order valence-electron chi connectivity index (χ4n) is 4.79. The maximum atomic E-state index is 13.5. The van der Waals surface area contributed by atoms with E-state index in [1.54, 1.807) is 59.1 Å². The Morgan fingerprint density at radius 3 is 1.98 bits per heavy atom. The zero-order valence-electron chi connectivity index (χ0n) is 24.4. The summed E-state index contributed by atoms with van der Waals surface area (Å²) in [4.78, 5) is 44.6. The number of nitrogens with one attached hydrogen (secondary N) is 2. The molecule has 0 saturated heterocycles. The molecule has 0 radical (unpaired) electrons. The van der Waals surface area contributed by atoms with Crippen LogP contribution in [0.3, 0.4) is 0 Å². The van der Waals surface area contributed by atoms with Crippen LogP contribution >= 0.6 is 23.5 Å². The molecular formula is C37H29N3O3S2. The molecule has 0 fully saturated rings. The molecule has 6 rings (SSSR count). The van der Waals surface area contributed by atoms with Gasteiger partial charge in [-0.3, -0.25) is 19.3 Å². The number of carbonyl (C=O) groups excluding carboxylic acids is 3. The van der Waals surface area contributed by atoms with Crippen molar-refractivity contribution in [2.75, 3.05) is 16.0 Å². The highest BCUT2D eigenvalue weighted by atomic mass is 32.2. The SMILES string of the molecule is Cc1ccc(/C=C(\NC(=O)c2ccccc2)C(=O)Nc2ccc(SCC(=O)N3c4ccccc4Sc4ccccc43)cc2)cc1. The standard InChI is InChI=1S/C37H29N3O3S2/c1-25-15-17-26(18-16-25)23-30(39-36(42)27-9-3-2-4-10-27)37(43)38-28-19-21-29(22-20-28)44-24-35(41)40-31-11-5-7-13-33(31)45-34-14-8-6-12-32(34)40/h2-23H,24H2,1H3,(H,38,43)(H,39,42)/b30-23-. The monoisotopic (exact) mass is 627 g/mol. The van der Waals surface area contributed by atoms with Gasteiger partial charge in [-0.25, -0.2) is 0 Å². The molecule has 5 aromatic rings. The number of para-hydroxylation sites is 2. The van der Waals surface area contributed by atoms with Crippen molar-refractivity contribution in [1.82, 2.24) is 5.32 Å². The molecule has 1 heterocycles. The lowest BCUT2D eigenvalue weighted by molar-refractivity contribution is -0.115. The van der Waals surface area contributed by atoms with E-state index in [-0.39, 0.29) is 23.3 Å². The van der Waals surface area contributed by atoms with E-state index in [2.05, 4.69) is 10.6 Å². The smallest absolute Gasteiger partial charge is 0.272 e. The first-order valence-electron chi connectivity index (χ1n) is 14.3. The number of thioether (sulfide) groups is 1.